The second-order valence-corrected chi connectivity index (χ2v) is 6.32. The number of likely N-dealkylation sites (N-methyl/N-ethyl adjacent to an activating group) is 1. The minimum Gasteiger partial charge on any atom is -0.497 e. The summed E-state index contributed by atoms with van der Waals surface area (Å²) >= 11 is 0. The molecule has 0 spiro atoms. The van der Waals surface area contributed by atoms with E-state index in [-0.39, 0.29) is 0 Å². The first-order chi connectivity index (χ1) is 9.66. The van der Waals surface area contributed by atoms with Gasteiger partial charge in [-0.15, -0.1) is 0 Å². The third kappa shape index (κ3) is 2.85. The molecule has 0 aromatic heterocycles. The van der Waals surface area contributed by atoms with Crippen molar-refractivity contribution in [1.82, 2.24) is 4.90 Å². The average Bonchev–Trinajstić information content (AvgIpc) is 2.77. The summed E-state index contributed by atoms with van der Waals surface area (Å²) in [5.74, 6) is 1.76. The lowest BCUT2D eigenvalue weighted by Crippen LogP contribution is -2.35. The molecule has 2 nitrogen and oxygen atoms in total. The maximum atomic E-state index is 5.45. The number of hydrogen-bond acceptors (Lipinski definition) is 2. The van der Waals surface area contributed by atoms with E-state index in [1.54, 1.807) is 7.11 Å². The summed E-state index contributed by atoms with van der Waals surface area (Å²) in [6.45, 7) is 7.02. The topological polar surface area (TPSA) is 12.5 Å². The van der Waals surface area contributed by atoms with Gasteiger partial charge in [-0.25, -0.2) is 0 Å². The molecule has 0 N–H and O–H groups in total. The number of rotatable bonds is 6. The summed E-state index contributed by atoms with van der Waals surface area (Å²) in [7, 11) is 4.02. The quantitative estimate of drug-likeness (QED) is 0.775. The molecule has 20 heavy (non-hydrogen) atoms. The lowest BCUT2D eigenvalue weighted by Gasteiger charge is -2.36. The molecule has 112 valence electrons. The Bertz CT molecular complexity index is 431. The van der Waals surface area contributed by atoms with Crippen molar-refractivity contribution >= 4 is 0 Å². The number of benzene rings is 1. The van der Waals surface area contributed by atoms with Gasteiger partial charge in [0, 0.05) is 18.5 Å². The SMILES string of the molecule is CCCC1CN(C)CC1(CCC)c1cccc(OC)c1. The summed E-state index contributed by atoms with van der Waals surface area (Å²) < 4.78 is 5.45. The molecule has 1 heterocycles. The fourth-order valence-electron chi connectivity index (χ4n) is 4.08. The molecule has 1 aromatic carbocycles. The molecule has 0 amide bonds. The van der Waals surface area contributed by atoms with E-state index in [1.165, 1.54) is 44.3 Å². The van der Waals surface area contributed by atoms with Crippen molar-refractivity contribution in [2.45, 2.75) is 44.9 Å². The minimum absolute atomic E-state index is 0.314. The van der Waals surface area contributed by atoms with Crippen molar-refractivity contribution in [2.75, 3.05) is 27.2 Å². The van der Waals surface area contributed by atoms with E-state index in [0.29, 0.717) is 5.41 Å². The van der Waals surface area contributed by atoms with E-state index in [4.69, 9.17) is 4.74 Å². The minimum atomic E-state index is 0.314. The molecule has 1 fully saturated rings. The van der Waals surface area contributed by atoms with E-state index in [9.17, 15) is 0 Å². The first-order valence-electron chi connectivity index (χ1n) is 7.99. The molecule has 0 bridgehead atoms. The van der Waals surface area contributed by atoms with E-state index in [2.05, 4.69) is 50.1 Å². The van der Waals surface area contributed by atoms with E-state index >= 15 is 0 Å². The summed E-state index contributed by atoms with van der Waals surface area (Å²) in [6, 6.07) is 8.76. The monoisotopic (exact) mass is 275 g/mol. The van der Waals surface area contributed by atoms with Gasteiger partial charge in [0.2, 0.25) is 0 Å². The molecule has 0 radical (unpaired) electrons. The van der Waals surface area contributed by atoms with Crippen LogP contribution in [-0.4, -0.2) is 32.1 Å². The Labute approximate surface area is 124 Å². The molecule has 2 unspecified atom stereocenters. The van der Waals surface area contributed by atoms with Gasteiger partial charge in [0.1, 0.15) is 5.75 Å². The van der Waals surface area contributed by atoms with Crippen molar-refractivity contribution in [3.8, 4) is 5.75 Å². The van der Waals surface area contributed by atoms with Crippen LogP contribution < -0.4 is 4.74 Å². The predicted molar refractivity (Wildman–Crippen MR) is 85.5 cm³/mol. The number of likely N-dealkylation sites (tertiary alicyclic amines) is 1. The number of nitrogens with zero attached hydrogens (tertiary/aromatic N) is 1. The standard InChI is InChI=1S/C18H29NO/c1-5-8-16-13-19(3)14-18(16,11-6-2)15-9-7-10-17(12-15)20-4/h7,9-10,12,16H,5-6,8,11,13-14H2,1-4H3. The Morgan fingerprint density at radius 1 is 1.30 bits per heavy atom. The Balaban J connectivity index is 2.41. The van der Waals surface area contributed by atoms with Gasteiger partial charge in [0.25, 0.3) is 0 Å². The Morgan fingerprint density at radius 2 is 2.10 bits per heavy atom. The van der Waals surface area contributed by atoms with Crippen LogP contribution in [0.5, 0.6) is 5.75 Å². The van der Waals surface area contributed by atoms with Gasteiger partial charge in [-0.1, -0.05) is 38.8 Å². The molecular weight excluding hydrogens is 246 g/mol. The molecule has 0 saturated carbocycles. The fourth-order valence-corrected chi connectivity index (χ4v) is 4.08. The number of ether oxygens (including phenoxy) is 1. The largest absolute Gasteiger partial charge is 0.497 e. The first-order valence-corrected chi connectivity index (χ1v) is 7.99. The maximum absolute atomic E-state index is 5.45. The van der Waals surface area contributed by atoms with Crippen LogP contribution in [0.25, 0.3) is 0 Å². The van der Waals surface area contributed by atoms with E-state index < -0.39 is 0 Å². The Kier molecular flexibility index (Phi) is 5.09. The second-order valence-electron chi connectivity index (χ2n) is 6.32. The number of hydrogen-bond donors (Lipinski definition) is 0. The lowest BCUT2D eigenvalue weighted by atomic mass is 9.68. The van der Waals surface area contributed by atoms with Gasteiger partial charge in [0.15, 0.2) is 0 Å². The van der Waals surface area contributed by atoms with Crippen LogP contribution >= 0.6 is 0 Å². The zero-order valence-electron chi connectivity index (χ0n) is 13.5. The van der Waals surface area contributed by atoms with Crippen molar-refractivity contribution in [3.05, 3.63) is 29.8 Å². The highest BCUT2D eigenvalue weighted by Crippen LogP contribution is 2.45. The van der Waals surface area contributed by atoms with Crippen LogP contribution in [-0.2, 0) is 5.41 Å². The smallest absolute Gasteiger partial charge is 0.119 e. The molecule has 1 aliphatic rings. The van der Waals surface area contributed by atoms with E-state index in [0.717, 1.165) is 11.7 Å². The molecule has 1 saturated heterocycles. The summed E-state index contributed by atoms with van der Waals surface area (Å²) in [4.78, 5) is 2.51. The molecule has 1 aliphatic heterocycles. The zero-order chi connectivity index (χ0) is 14.6. The summed E-state index contributed by atoms with van der Waals surface area (Å²) in [5.41, 5.74) is 1.79. The van der Waals surface area contributed by atoms with Gasteiger partial charge in [-0.3, -0.25) is 0 Å². The Hall–Kier alpha value is -1.02. The number of methoxy groups -OCH3 is 1. The second kappa shape index (κ2) is 6.62. The first kappa shape index (κ1) is 15.4. The van der Waals surface area contributed by atoms with E-state index in [1.807, 2.05) is 0 Å². The molecule has 0 aliphatic carbocycles. The summed E-state index contributed by atoms with van der Waals surface area (Å²) in [6.07, 6.45) is 5.11. The van der Waals surface area contributed by atoms with Gasteiger partial charge >= 0.3 is 0 Å². The van der Waals surface area contributed by atoms with Crippen LogP contribution in [0.1, 0.15) is 45.1 Å². The Morgan fingerprint density at radius 3 is 2.75 bits per heavy atom. The zero-order valence-corrected chi connectivity index (χ0v) is 13.5. The van der Waals surface area contributed by atoms with Crippen LogP contribution in [0, 0.1) is 5.92 Å². The molecular formula is C18H29NO. The third-order valence-electron chi connectivity index (χ3n) is 4.84. The van der Waals surface area contributed by atoms with Crippen molar-refractivity contribution in [3.63, 3.8) is 0 Å². The van der Waals surface area contributed by atoms with Crippen molar-refractivity contribution in [1.29, 1.82) is 0 Å². The van der Waals surface area contributed by atoms with Gasteiger partial charge in [0.05, 0.1) is 7.11 Å². The molecule has 2 atom stereocenters. The van der Waals surface area contributed by atoms with Crippen LogP contribution in [0.15, 0.2) is 24.3 Å². The third-order valence-corrected chi connectivity index (χ3v) is 4.84. The van der Waals surface area contributed by atoms with Crippen LogP contribution in [0.3, 0.4) is 0 Å². The van der Waals surface area contributed by atoms with Gasteiger partial charge in [-0.2, -0.15) is 0 Å². The normalized spacial score (nSPS) is 26.9. The van der Waals surface area contributed by atoms with Gasteiger partial charge in [-0.05, 0) is 43.5 Å². The predicted octanol–water partition coefficient (Wildman–Crippen LogP) is 4.09. The van der Waals surface area contributed by atoms with Crippen LogP contribution in [0.4, 0.5) is 0 Å². The van der Waals surface area contributed by atoms with Crippen molar-refractivity contribution in [2.24, 2.45) is 5.92 Å². The van der Waals surface area contributed by atoms with Gasteiger partial charge < -0.3 is 9.64 Å². The van der Waals surface area contributed by atoms with Crippen molar-refractivity contribution < 1.29 is 4.74 Å². The highest BCUT2D eigenvalue weighted by molar-refractivity contribution is 5.36. The highest BCUT2D eigenvalue weighted by Gasteiger charge is 2.45. The highest BCUT2D eigenvalue weighted by atomic mass is 16.5. The molecule has 2 heteroatoms. The average molecular weight is 275 g/mol. The molecule has 2 rings (SSSR count). The summed E-state index contributed by atoms with van der Waals surface area (Å²) in [5, 5.41) is 0. The molecule has 1 aromatic rings. The van der Waals surface area contributed by atoms with Crippen LogP contribution in [0.2, 0.25) is 0 Å². The maximum Gasteiger partial charge on any atom is 0.119 e. The fraction of sp³-hybridized carbons (Fsp3) is 0.667. The lowest BCUT2D eigenvalue weighted by molar-refractivity contribution is 0.293.